The van der Waals surface area contributed by atoms with Gasteiger partial charge in [-0.25, -0.2) is 4.39 Å². The third-order valence-corrected chi connectivity index (χ3v) is 5.83. The van der Waals surface area contributed by atoms with Crippen LogP contribution in [0.2, 0.25) is 0 Å². The number of aromatic nitrogens is 3. The number of carbonyl (C=O) groups excluding carboxylic acids is 1. The number of fused-ring (bicyclic) bond motifs is 2. The van der Waals surface area contributed by atoms with Gasteiger partial charge in [0.15, 0.2) is 5.75 Å². The Bertz CT molecular complexity index is 1510. The Kier molecular flexibility index (Phi) is 5.33. The molecule has 0 fully saturated rings. The molecule has 2 N–H and O–H groups in total. The van der Waals surface area contributed by atoms with E-state index in [4.69, 9.17) is 0 Å². The molecule has 0 unspecified atom stereocenters. The van der Waals surface area contributed by atoms with Crippen molar-refractivity contribution in [2.75, 3.05) is 7.05 Å². The van der Waals surface area contributed by atoms with E-state index in [0.29, 0.717) is 22.9 Å². The van der Waals surface area contributed by atoms with Crippen LogP contribution in [0.3, 0.4) is 0 Å². The molecule has 0 saturated carbocycles. The summed E-state index contributed by atoms with van der Waals surface area (Å²) in [7, 11) is 1.69. The van der Waals surface area contributed by atoms with Gasteiger partial charge >= 0.3 is 0 Å². The summed E-state index contributed by atoms with van der Waals surface area (Å²) >= 11 is 0. The third-order valence-electron chi connectivity index (χ3n) is 5.83. The van der Waals surface area contributed by atoms with E-state index in [1.807, 2.05) is 6.07 Å². The average molecular weight is 456 g/mol. The van der Waals surface area contributed by atoms with Crippen molar-refractivity contribution in [3.8, 4) is 11.6 Å². The Morgan fingerprint density at radius 2 is 1.79 bits per heavy atom. The Labute approximate surface area is 194 Å². The first-order valence-electron chi connectivity index (χ1n) is 10.6. The molecule has 2 aromatic carbocycles. The van der Waals surface area contributed by atoms with Crippen LogP contribution in [-0.4, -0.2) is 42.6 Å². The fraction of sp³-hybridized carbons (Fsp3) is 0.115. The number of hydrogen-bond acceptors (Lipinski definition) is 5. The molecule has 0 radical (unpaired) electrons. The molecule has 1 amide bonds. The molecular weight excluding hydrogens is 435 g/mol. The summed E-state index contributed by atoms with van der Waals surface area (Å²) in [5.41, 5.74) is 2.17. The molecule has 5 aromatic rings. The number of halogens is 1. The van der Waals surface area contributed by atoms with Gasteiger partial charge < -0.3 is 19.7 Å². The van der Waals surface area contributed by atoms with Gasteiger partial charge in [0.2, 0.25) is 5.88 Å². The van der Waals surface area contributed by atoms with Gasteiger partial charge in [0, 0.05) is 49.2 Å². The SMILES string of the molecule is CN(Cc1cccnc1)C(=O)c1c2cccnc2c(O)c2c(O)n(Cc3ccc(F)cc3)cc12. The van der Waals surface area contributed by atoms with Crippen molar-refractivity contribution < 1.29 is 19.4 Å². The third kappa shape index (κ3) is 3.69. The molecule has 34 heavy (non-hydrogen) atoms. The molecule has 0 aliphatic carbocycles. The van der Waals surface area contributed by atoms with Crippen molar-refractivity contribution in [2.45, 2.75) is 13.1 Å². The van der Waals surface area contributed by atoms with Crippen molar-refractivity contribution in [1.82, 2.24) is 19.4 Å². The van der Waals surface area contributed by atoms with Crippen molar-refractivity contribution >= 4 is 27.6 Å². The molecule has 7 nitrogen and oxygen atoms in total. The fourth-order valence-electron chi connectivity index (χ4n) is 4.19. The van der Waals surface area contributed by atoms with Crippen LogP contribution in [0, 0.1) is 5.82 Å². The molecule has 0 aliphatic rings. The molecule has 3 heterocycles. The lowest BCUT2D eigenvalue weighted by Crippen LogP contribution is -2.26. The van der Waals surface area contributed by atoms with Crippen molar-refractivity contribution in [3.05, 3.63) is 95.8 Å². The van der Waals surface area contributed by atoms with E-state index < -0.39 is 0 Å². The summed E-state index contributed by atoms with van der Waals surface area (Å²) in [4.78, 5) is 23.6. The first kappa shape index (κ1) is 21.4. The first-order valence-corrected chi connectivity index (χ1v) is 10.6. The fourth-order valence-corrected chi connectivity index (χ4v) is 4.19. The van der Waals surface area contributed by atoms with Gasteiger partial charge in [0.25, 0.3) is 5.91 Å². The summed E-state index contributed by atoms with van der Waals surface area (Å²) in [6.45, 7) is 0.558. The van der Waals surface area contributed by atoms with Crippen LogP contribution < -0.4 is 0 Å². The summed E-state index contributed by atoms with van der Waals surface area (Å²) < 4.78 is 14.8. The van der Waals surface area contributed by atoms with E-state index in [1.165, 1.54) is 22.9 Å². The second-order valence-corrected chi connectivity index (χ2v) is 8.14. The second kappa shape index (κ2) is 8.47. The maximum atomic E-state index is 13.7. The van der Waals surface area contributed by atoms with Crippen molar-refractivity contribution in [3.63, 3.8) is 0 Å². The number of amides is 1. The van der Waals surface area contributed by atoms with Crippen LogP contribution >= 0.6 is 0 Å². The number of nitrogens with zero attached hydrogens (tertiary/aromatic N) is 4. The molecule has 170 valence electrons. The van der Waals surface area contributed by atoms with Crippen LogP contribution in [-0.2, 0) is 13.1 Å². The molecule has 3 aromatic heterocycles. The molecular formula is C26H21FN4O3. The van der Waals surface area contributed by atoms with E-state index in [9.17, 15) is 19.4 Å². The van der Waals surface area contributed by atoms with Gasteiger partial charge in [-0.3, -0.25) is 14.8 Å². The zero-order chi connectivity index (χ0) is 23.8. The molecule has 0 aliphatic heterocycles. The maximum Gasteiger partial charge on any atom is 0.255 e. The summed E-state index contributed by atoms with van der Waals surface area (Å²) in [6.07, 6.45) is 6.51. The topological polar surface area (TPSA) is 91.5 Å². The van der Waals surface area contributed by atoms with Crippen molar-refractivity contribution in [1.29, 1.82) is 0 Å². The van der Waals surface area contributed by atoms with Crippen LogP contribution in [0.25, 0.3) is 21.7 Å². The number of phenolic OH excluding ortho intramolecular Hbond substituents is 1. The van der Waals surface area contributed by atoms with Crippen LogP contribution in [0.4, 0.5) is 4.39 Å². The number of carbonyl (C=O) groups is 1. The number of aromatic hydroxyl groups is 2. The Hall–Kier alpha value is -4.46. The van der Waals surface area contributed by atoms with Crippen molar-refractivity contribution in [2.24, 2.45) is 0 Å². The summed E-state index contributed by atoms with van der Waals surface area (Å²) in [5, 5.41) is 23.0. The predicted octanol–water partition coefficient (Wildman–Crippen LogP) is 4.46. The molecule has 8 heteroatoms. The average Bonchev–Trinajstić information content (AvgIpc) is 3.17. The highest BCUT2D eigenvalue weighted by Gasteiger charge is 2.26. The Morgan fingerprint density at radius 3 is 2.53 bits per heavy atom. The first-order chi connectivity index (χ1) is 16.4. The van der Waals surface area contributed by atoms with Gasteiger partial charge in [0.05, 0.1) is 17.5 Å². The molecule has 0 saturated heterocycles. The minimum atomic E-state index is -0.356. The van der Waals surface area contributed by atoms with Gasteiger partial charge in [0.1, 0.15) is 11.3 Å². The van der Waals surface area contributed by atoms with Crippen LogP contribution in [0.5, 0.6) is 11.6 Å². The number of benzene rings is 2. The smallest absolute Gasteiger partial charge is 0.255 e. The molecule has 5 rings (SSSR count). The van der Waals surface area contributed by atoms with Gasteiger partial charge in [-0.2, -0.15) is 0 Å². The highest BCUT2D eigenvalue weighted by Crippen LogP contribution is 2.42. The monoisotopic (exact) mass is 456 g/mol. The van der Waals surface area contributed by atoms with Gasteiger partial charge in [-0.15, -0.1) is 0 Å². The van der Waals surface area contributed by atoms with E-state index >= 15 is 0 Å². The quantitative estimate of drug-likeness (QED) is 0.408. The van der Waals surface area contributed by atoms with Gasteiger partial charge in [-0.05, 0) is 35.4 Å². The number of rotatable bonds is 5. The minimum absolute atomic E-state index is 0.145. The highest BCUT2D eigenvalue weighted by molar-refractivity contribution is 6.21. The van der Waals surface area contributed by atoms with E-state index in [-0.39, 0.29) is 40.8 Å². The van der Waals surface area contributed by atoms with Crippen LogP contribution in [0.1, 0.15) is 21.5 Å². The summed E-state index contributed by atoms with van der Waals surface area (Å²) in [5.74, 6) is -1.04. The molecule has 0 bridgehead atoms. The largest absolute Gasteiger partial charge is 0.505 e. The Balaban J connectivity index is 1.66. The number of pyridine rings is 2. The standard InChI is InChI=1S/C26H21FN4O3/c1-30(13-17-4-2-10-28-12-17)25(33)21-19-5-3-11-29-23(19)24(32)22-20(21)15-31(26(22)34)14-16-6-8-18(27)9-7-16/h2-12,15,32,34H,13-14H2,1H3. The zero-order valence-electron chi connectivity index (χ0n) is 18.3. The lowest BCUT2D eigenvalue weighted by atomic mass is 10.00. The number of phenols is 1. The normalized spacial score (nSPS) is 11.2. The van der Waals surface area contributed by atoms with E-state index in [2.05, 4.69) is 9.97 Å². The molecule has 0 atom stereocenters. The lowest BCUT2D eigenvalue weighted by molar-refractivity contribution is 0.0789. The number of hydrogen-bond donors (Lipinski definition) is 2. The zero-order valence-corrected chi connectivity index (χ0v) is 18.3. The van der Waals surface area contributed by atoms with Crippen LogP contribution in [0.15, 0.2) is 73.3 Å². The van der Waals surface area contributed by atoms with E-state index in [0.717, 1.165) is 11.1 Å². The predicted molar refractivity (Wildman–Crippen MR) is 126 cm³/mol. The van der Waals surface area contributed by atoms with Gasteiger partial charge in [-0.1, -0.05) is 24.3 Å². The lowest BCUT2D eigenvalue weighted by Gasteiger charge is -2.19. The molecule has 0 spiro atoms. The minimum Gasteiger partial charge on any atom is -0.505 e. The Morgan fingerprint density at radius 1 is 1.03 bits per heavy atom. The maximum absolute atomic E-state index is 13.7. The second-order valence-electron chi connectivity index (χ2n) is 8.14. The summed E-state index contributed by atoms with van der Waals surface area (Å²) in [6, 6.07) is 13.0. The highest BCUT2D eigenvalue weighted by atomic mass is 19.1. The van der Waals surface area contributed by atoms with E-state index in [1.54, 1.807) is 60.9 Å².